The van der Waals surface area contributed by atoms with Gasteiger partial charge in [0.15, 0.2) is 0 Å². The molecule has 0 radical (unpaired) electrons. The Morgan fingerprint density at radius 3 is 2.69 bits per heavy atom. The van der Waals surface area contributed by atoms with Crippen LogP contribution in [-0.4, -0.2) is 16.5 Å². The molecule has 2 unspecified atom stereocenters. The zero-order chi connectivity index (χ0) is 11.4. The summed E-state index contributed by atoms with van der Waals surface area (Å²) in [4.78, 5) is 8.98. The van der Waals surface area contributed by atoms with Gasteiger partial charge in [-0.3, -0.25) is 0 Å². The lowest BCUT2D eigenvalue weighted by Crippen LogP contribution is -2.14. The fourth-order valence-electron chi connectivity index (χ4n) is 2.54. The molecule has 1 saturated carbocycles. The van der Waals surface area contributed by atoms with E-state index in [-0.39, 0.29) is 0 Å². The van der Waals surface area contributed by atoms with Crippen LogP contribution in [0.4, 0.5) is 0 Å². The van der Waals surface area contributed by atoms with Gasteiger partial charge in [0.1, 0.15) is 5.82 Å². The van der Waals surface area contributed by atoms with E-state index < -0.39 is 0 Å². The molecule has 0 amide bonds. The highest BCUT2D eigenvalue weighted by molar-refractivity contribution is 5.08. The van der Waals surface area contributed by atoms with Crippen LogP contribution in [-0.2, 0) is 6.42 Å². The molecule has 1 aromatic heterocycles. The van der Waals surface area contributed by atoms with E-state index in [1.165, 1.54) is 25.7 Å². The summed E-state index contributed by atoms with van der Waals surface area (Å²) in [7, 11) is 0. The Hall–Kier alpha value is -0.960. The number of hydrogen-bond acceptors (Lipinski definition) is 3. The van der Waals surface area contributed by atoms with Crippen LogP contribution >= 0.6 is 0 Å². The van der Waals surface area contributed by atoms with Crippen LogP contribution < -0.4 is 5.73 Å². The van der Waals surface area contributed by atoms with Crippen molar-refractivity contribution in [1.29, 1.82) is 0 Å². The molecule has 88 valence electrons. The predicted octanol–water partition coefficient (Wildman–Crippen LogP) is 2.27. The normalized spacial score (nSPS) is 25.6. The highest BCUT2D eigenvalue weighted by atomic mass is 14.9. The zero-order valence-electron chi connectivity index (χ0n) is 10.0. The van der Waals surface area contributed by atoms with Crippen LogP contribution in [0.2, 0.25) is 0 Å². The van der Waals surface area contributed by atoms with Gasteiger partial charge in [0, 0.05) is 18.3 Å². The summed E-state index contributed by atoms with van der Waals surface area (Å²) in [6, 6.07) is 0. The second-order valence-corrected chi connectivity index (χ2v) is 4.96. The maximum atomic E-state index is 5.50. The number of nitrogens with two attached hydrogens (primary N) is 1. The molecular formula is C13H21N3. The molecule has 2 N–H and O–H groups in total. The molecule has 0 aliphatic heterocycles. The Kier molecular flexibility index (Phi) is 3.88. The molecule has 0 aromatic carbocycles. The van der Waals surface area contributed by atoms with Crippen molar-refractivity contribution in [3.8, 4) is 0 Å². The summed E-state index contributed by atoms with van der Waals surface area (Å²) < 4.78 is 0. The molecule has 16 heavy (non-hydrogen) atoms. The van der Waals surface area contributed by atoms with Crippen LogP contribution in [0.25, 0.3) is 0 Å². The average molecular weight is 219 g/mol. The van der Waals surface area contributed by atoms with Gasteiger partial charge in [0.05, 0.1) is 0 Å². The summed E-state index contributed by atoms with van der Waals surface area (Å²) in [5.41, 5.74) is 6.65. The van der Waals surface area contributed by atoms with E-state index in [1.807, 2.05) is 12.4 Å². The fourth-order valence-corrected chi connectivity index (χ4v) is 2.54. The molecule has 0 spiro atoms. The highest BCUT2D eigenvalue weighted by Gasteiger charge is 2.22. The monoisotopic (exact) mass is 219 g/mol. The molecule has 1 fully saturated rings. The molecule has 1 aromatic rings. The Morgan fingerprint density at radius 2 is 2.06 bits per heavy atom. The van der Waals surface area contributed by atoms with Crippen molar-refractivity contribution in [3.63, 3.8) is 0 Å². The van der Waals surface area contributed by atoms with Crippen LogP contribution in [0, 0.1) is 5.92 Å². The molecule has 1 aliphatic carbocycles. The molecule has 2 rings (SSSR count). The largest absolute Gasteiger partial charge is 0.330 e. The minimum Gasteiger partial charge on any atom is -0.330 e. The minimum absolute atomic E-state index is 0.579. The lowest BCUT2D eigenvalue weighted by molar-refractivity contribution is 0.335. The Morgan fingerprint density at radius 1 is 1.31 bits per heavy atom. The number of rotatable bonds is 3. The first-order chi connectivity index (χ1) is 7.79. The summed E-state index contributed by atoms with van der Waals surface area (Å²) >= 11 is 0. The summed E-state index contributed by atoms with van der Waals surface area (Å²) in [5, 5.41) is 0. The first-order valence-corrected chi connectivity index (χ1v) is 6.30. The zero-order valence-corrected chi connectivity index (χ0v) is 10.0. The standard InChI is InChI=1S/C13H21N3/c1-10-3-2-4-12(7-10)13-15-8-11(5-6-14)9-16-13/h8-10,12H,2-7,14H2,1H3. The first-order valence-electron chi connectivity index (χ1n) is 6.30. The lowest BCUT2D eigenvalue weighted by Gasteiger charge is -2.25. The lowest BCUT2D eigenvalue weighted by atomic mass is 9.82. The molecule has 2 atom stereocenters. The fraction of sp³-hybridized carbons (Fsp3) is 0.692. The Bertz CT molecular complexity index is 320. The van der Waals surface area contributed by atoms with Gasteiger partial charge in [-0.05, 0) is 37.3 Å². The number of aromatic nitrogens is 2. The van der Waals surface area contributed by atoms with Gasteiger partial charge < -0.3 is 5.73 Å². The predicted molar refractivity (Wildman–Crippen MR) is 65.2 cm³/mol. The van der Waals surface area contributed by atoms with Crippen molar-refractivity contribution in [2.45, 2.75) is 44.9 Å². The van der Waals surface area contributed by atoms with E-state index in [0.29, 0.717) is 12.5 Å². The summed E-state index contributed by atoms with van der Waals surface area (Å²) in [6.07, 6.45) is 9.93. The summed E-state index contributed by atoms with van der Waals surface area (Å²) in [6.45, 7) is 3.00. The molecule has 0 bridgehead atoms. The van der Waals surface area contributed by atoms with E-state index in [4.69, 9.17) is 5.73 Å². The SMILES string of the molecule is CC1CCCC(c2ncc(CCN)cn2)C1. The third kappa shape index (κ3) is 2.79. The molecule has 0 saturated heterocycles. The second kappa shape index (κ2) is 5.39. The van der Waals surface area contributed by atoms with E-state index in [2.05, 4.69) is 16.9 Å². The van der Waals surface area contributed by atoms with Crippen molar-refractivity contribution in [1.82, 2.24) is 9.97 Å². The van der Waals surface area contributed by atoms with Crippen LogP contribution in [0.3, 0.4) is 0 Å². The van der Waals surface area contributed by atoms with Gasteiger partial charge in [0.25, 0.3) is 0 Å². The van der Waals surface area contributed by atoms with Gasteiger partial charge in [-0.1, -0.05) is 19.8 Å². The van der Waals surface area contributed by atoms with Crippen molar-refractivity contribution in [2.75, 3.05) is 6.54 Å². The van der Waals surface area contributed by atoms with Crippen LogP contribution in [0.5, 0.6) is 0 Å². The topological polar surface area (TPSA) is 51.8 Å². The Labute approximate surface area is 97.5 Å². The van der Waals surface area contributed by atoms with E-state index in [9.17, 15) is 0 Å². The second-order valence-electron chi connectivity index (χ2n) is 4.96. The van der Waals surface area contributed by atoms with Gasteiger partial charge in [-0.25, -0.2) is 9.97 Å². The van der Waals surface area contributed by atoms with Crippen molar-refractivity contribution in [3.05, 3.63) is 23.8 Å². The molecule has 1 aliphatic rings. The van der Waals surface area contributed by atoms with Crippen LogP contribution in [0.1, 0.15) is 49.9 Å². The molecule has 1 heterocycles. The third-order valence-electron chi connectivity index (χ3n) is 3.46. The maximum Gasteiger partial charge on any atom is 0.131 e. The highest BCUT2D eigenvalue weighted by Crippen LogP contribution is 2.33. The third-order valence-corrected chi connectivity index (χ3v) is 3.46. The number of hydrogen-bond donors (Lipinski definition) is 1. The minimum atomic E-state index is 0.579. The molecule has 3 nitrogen and oxygen atoms in total. The van der Waals surface area contributed by atoms with Gasteiger partial charge >= 0.3 is 0 Å². The van der Waals surface area contributed by atoms with Crippen molar-refractivity contribution < 1.29 is 0 Å². The van der Waals surface area contributed by atoms with Gasteiger partial charge in [-0.15, -0.1) is 0 Å². The van der Waals surface area contributed by atoms with E-state index in [0.717, 1.165) is 23.7 Å². The molecule has 3 heteroatoms. The van der Waals surface area contributed by atoms with Gasteiger partial charge in [-0.2, -0.15) is 0 Å². The quantitative estimate of drug-likeness (QED) is 0.848. The van der Waals surface area contributed by atoms with Crippen molar-refractivity contribution in [2.24, 2.45) is 11.7 Å². The van der Waals surface area contributed by atoms with Gasteiger partial charge in [0.2, 0.25) is 0 Å². The average Bonchev–Trinajstić information content (AvgIpc) is 2.30. The van der Waals surface area contributed by atoms with E-state index in [1.54, 1.807) is 0 Å². The Balaban J connectivity index is 2.03. The maximum absolute atomic E-state index is 5.50. The van der Waals surface area contributed by atoms with Crippen molar-refractivity contribution >= 4 is 0 Å². The smallest absolute Gasteiger partial charge is 0.131 e. The number of nitrogens with zero attached hydrogens (tertiary/aromatic N) is 2. The molecular weight excluding hydrogens is 198 g/mol. The van der Waals surface area contributed by atoms with Crippen LogP contribution in [0.15, 0.2) is 12.4 Å². The first kappa shape index (κ1) is 11.5. The van der Waals surface area contributed by atoms with E-state index >= 15 is 0 Å². The summed E-state index contributed by atoms with van der Waals surface area (Å²) in [5.74, 6) is 2.44.